The molecule has 2 aromatic carbocycles. The van der Waals surface area contributed by atoms with E-state index in [-0.39, 0.29) is 22.2 Å². The number of nitrogens with zero attached hydrogens (tertiary/aromatic N) is 2. The van der Waals surface area contributed by atoms with E-state index in [2.05, 4.69) is 9.69 Å². The molecule has 0 fully saturated rings. The van der Waals surface area contributed by atoms with Crippen molar-refractivity contribution in [1.82, 2.24) is 9.69 Å². The topological polar surface area (TPSA) is 141 Å². The maximum atomic E-state index is 14.0. The summed E-state index contributed by atoms with van der Waals surface area (Å²) in [6.45, 7) is 9.84. The quantitative estimate of drug-likeness (QED) is 0.421. The van der Waals surface area contributed by atoms with Gasteiger partial charge in [0.1, 0.15) is 16.7 Å². The predicted molar refractivity (Wildman–Crippen MR) is 141 cm³/mol. The standard InChI is InChI=1S/C26H31N5O4S/c1-6-35-18-12-10-16(11-13-18)21(24(33)29-26(3,4)5)31(17-9-7-8-15(2)14-17)25(34)22-19(27)20(23(28)32)30-36-22/h7-14,21H,6,27H2,1-5H3,(H2,28,32)(H,29,33)/t21-/m1/s1. The minimum Gasteiger partial charge on any atom is -0.494 e. The van der Waals surface area contributed by atoms with Crippen LogP contribution in [-0.4, -0.2) is 34.2 Å². The highest BCUT2D eigenvalue weighted by molar-refractivity contribution is 7.09. The van der Waals surface area contributed by atoms with Crippen LogP contribution < -0.4 is 26.4 Å². The molecule has 3 rings (SSSR count). The van der Waals surface area contributed by atoms with Gasteiger partial charge in [-0.1, -0.05) is 24.3 Å². The van der Waals surface area contributed by atoms with E-state index >= 15 is 0 Å². The van der Waals surface area contributed by atoms with Gasteiger partial charge in [-0.2, -0.15) is 4.37 Å². The van der Waals surface area contributed by atoms with Crippen LogP contribution in [-0.2, 0) is 4.79 Å². The van der Waals surface area contributed by atoms with E-state index in [0.29, 0.717) is 23.6 Å². The van der Waals surface area contributed by atoms with Gasteiger partial charge in [-0.15, -0.1) is 0 Å². The molecule has 3 aromatic rings. The fourth-order valence-corrected chi connectivity index (χ4v) is 4.41. The molecule has 0 aliphatic carbocycles. The van der Waals surface area contributed by atoms with Gasteiger partial charge in [0.15, 0.2) is 5.69 Å². The first-order valence-electron chi connectivity index (χ1n) is 11.4. The number of aryl methyl sites for hydroxylation is 1. The molecule has 3 amide bonds. The van der Waals surface area contributed by atoms with Crippen molar-refractivity contribution < 1.29 is 19.1 Å². The molecule has 0 radical (unpaired) electrons. The Bertz CT molecular complexity index is 1260. The molecule has 9 nitrogen and oxygen atoms in total. The number of aromatic nitrogens is 1. The van der Waals surface area contributed by atoms with Crippen LogP contribution in [0.15, 0.2) is 48.5 Å². The number of nitrogens with two attached hydrogens (primary N) is 2. The van der Waals surface area contributed by atoms with Crippen molar-refractivity contribution in [2.75, 3.05) is 17.2 Å². The molecule has 0 unspecified atom stereocenters. The maximum Gasteiger partial charge on any atom is 0.273 e. The van der Waals surface area contributed by atoms with Crippen LogP contribution in [0.1, 0.15) is 65.0 Å². The number of hydrogen-bond donors (Lipinski definition) is 3. The van der Waals surface area contributed by atoms with Crippen molar-refractivity contribution in [3.63, 3.8) is 0 Å². The highest BCUT2D eigenvalue weighted by Crippen LogP contribution is 2.34. The van der Waals surface area contributed by atoms with E-state index in [9.17, 15) is 14.4 Å². The molecule has 36 heavy (non-hydrogen) atoms. The highest BCUT2D eigenvalue weighted by atomic mass is 32.1. The first kappa shape index (κ1) is 26.7. The highest BCUT2D eigenvalue weighted by Gasteiger charge is 2.37. The Morgan fingerprint density at radius 1 is 1.14 bits per heavy atom. The molecule has 190 valence electrons. The predicted octanol–water partition coefficient (Wildman–Crippen LogP) is 3.83. The first-order valence-corrected chi connectivity index (χ1v) is 12.2. The molecule has 0 aliphatic rings. The number of carbonyl (C=O) groups is 3. The van der Waals surface area contributed by atoms with E-state index in [1.165, 1.54) is 4.90 Å². The number of amides is 3. The smallest absolute Gasteiger partial charge is 0.273 e. The third-order valence-electron chi connectivity index (χ3n) is 5.17. The lowest BCUT2D eigenvalue weighted by atomic mass is 10.00. The van der Waals surface area contributed by atoms with Crippen LogP contribution in [0.5, 0.6) is 5.75 Å². The molecule has 5 N–H and O–H groups in total. The van der Waals surface area contributed by atoms with Gasteiger partial charge < -0.3 is 21.5 Å². The minimum atomic E-state index is -1.06. The van der Waals surface area contributed by atoms with E-state index in [1.54, 1.807) is 42.5 Å². The molecular formula is C26H31N5O4S. The molecule has 1 heterocycles. The third kappa shape index (κ3) is 6.01. The normalized spacial score (nSPS) is 12.0. The summed E-state index contributed by atoms with van der Waals surface area (Å²) in [5, 5.41) is 2.99. The van der Waals surface area contributed by atoms with Gasteiger partial charge in [-0.05, 0) is 81.5 Å². The van der Waals surface area contributed by atoms with Crippen molar-refractivity contribution in [3.05, 3.63) is 70.2 Å². The number of rotatable bonds is 8. The average Bonchev–Trinajstić information content (AvgIpc) is 3.18. The van der Waals surface area contributed by atoms with Gasteiger partial charge in [-0.3, -0.25) is 19.3 Å². The molecule has 0 saturated heterocycles. The molecule has 1 aromatic heterocycles. The van der Waals surface area contributed by atoms with Crippen LogP contribution in [0.25, 0.3) is 0 Å². The number of primary amides is 1. The summed E-state index contributed by atoms with van der Waals surface area (Å²) in [5.41, 5.74) is 12.6. The van der Waals surface area contributed by atoms with E-state index in [0.717, 1.165) is 17.1 Å². The second kappa shape index (κ2) is 10.8. The van der Waals surface area contributed by atoms with Gasteiger partial charge in [0, 0.05) is 11.2 Å². The number of ether oxygens (including phenoxy) is 1. The molecule has 0 spiro atoms. The van der Waals surface area contributed by atoms with E-state index in [4.69, 9.17) is 16.2 Å². The lowest BCUT2D eigenvalue weighted by molar-refractivity contribution is -0.123. The largest absolute Gasteiger partial charge is 0.494 e. The zero-order valence-corrected chi connectivity index (χ0v) is 21.8. The summed E-state index contributed by atoms with van der Waals surface area (Å²) >= 11 is 0.768. The number of benzene rings is 2. The minimum absolute atomic E-state index is 0.0183. The van der Waals surface area contributed by atoms with Crippen LogP contribution in [0.2, 0.25) is 0 Å². The molecular weight excluding hydrogens is 478 g/mol. The second-order valence-electron chi connectivity index (χ2n) is 9.30. The summed E-state index contributed by atoms with van der Waals surface area (Å²) < 4.78 is 9.53. The van der Waals surface area contributed by atoms with E-state index < -0.39 is 23.4 Å². The SMILES string of the molecule is CCOc1ccc([C@H](C(=O)NC(C)(C)C)N(C(=O)c2snc(C(N)=O)c2N)c2cccc(C)c2)cc1. The van der Waals surface area contributed by atoms with Crippen molar-refractivity contribution in [3.8, 4) is 5.75 Å². The van der Waals surface area contributed by atoms with Gasteiger partial charge in [-0.25, -0.2) is 0 Å². The Morgan fingerprint density at radius 3 is 2.33 bits per heavy atom. The van der Waals surface area contributed by atoms with Crippen LogP contribution >= 0.6 is 11.5 Å². The van der Waals surface area contributed by atoms with Crippen LogP contribution in [0.3, 0.4) is 0 Å². The first-order chi connectivity index (χ1) is 16.9. The van der Waals surface area contributed by atoms with Crippen molar-refractivity contribution in [2.45, 2.75) is 46.2 Å². The molecule has 0 bridgehead atoms. The van der Waals surface area contributed by atoms with Gasteiger partial charge in [0.2, 0.25) is 5.91 Å². The lowest BCUT2D eigenvalue weighted by Crippen LogP contribution is -2.49. The Labute approximate surface area is 214 Å². The van der Waals surface area contributed by atoms with Gasteiger partial charge in [0.25, 0.3) is 11.8 Å². The summed E-state index contributed by atoms with van der Waals surface area (Å²) in [6, 6.07) is 13.2. The molecule has 1 atom stereocenters. The molecule has 0 aliphatic heterocycles. The fraction of sp³-hybridized carbons (Fsp3) is 0.308. The Morgan fingerprint density at radius 2 is 1.81 bits per heavy atom. The number of hydrogen-bond acceptors (Lipinski definition) is 7. The lowest BCUT2D eigenvalue weighted by Gasteiger charge is -2.33. The molecule has 0 saturated carbocycles. The summed E-state index contributed by atoms with van der Waals surface area (Å²) in [6.07, 6.45) is 0. The second-order valence-corrected chi connectivity index (χ2v) is 10.1. The van der Waals surface area contributed by atoms with Gasteiger partial charge in [0.05, 0.1) is 12.3 Å². The van der Waals surface area contributed by atoms with Gasteiger partial charge >= 0.3 is 0 Å². The van der Waals surface area contributed by atoms with Crippen LogP contribution in [0, 0.1) is 6.92 Å². The van der Waals surface area contributed by atoms with Crippen LogP contribution in [0.4, 0.5) is 11.4 Å². The zero-order chi connectivity index (χ0) is 26.6. The van der Waals surface area contributed by atoms with Crippen molar-refractivity contribution in [1.29, 1.82) is 0 Å². The number of anilines is 2. The third-order valence-corrected chi connectivity index (χ3v) is 6.02. The Balaban J connectivity index is 2.22. The summed E-state index contributed by atoms with van der Waals surface area (Å²) in [7, 11) is 0. The summed E-state index contributed by atoms with van der Waals surface area (Å²) in [5.74, 6) is -1.16. The number of nitrogens with one attached hydrogen (secondary N) is 1. The summed E-state index contributed by atoms with van der Waals surface area (Å²) in [4.78, 5) is 40.9. The number of carbonyl (C=O) groups excluding carboxylic acids is 3. The van der Waals surface area contributed by atoms with Crippen molar-refractivity contribution in [2.24, 2.45) is 5.73 Å². The van der Waals surface area contributed by atoms with E-state index in [1.807, 2.05) is 40.7 Å². The Kier molecular flexibility index (Phi) is 7.99. The van der Waals surface area contributed by atoms with Crippen molar-refractivity contribution >= 4 is 40.6 Å². The fourth-order valence-electron chi connectivity index (χ4n) is 3.67. The number of nitrogen functional groups attached to an aromatic ring is 1. The maximum absolute atomic E-state index is 14.0. The molecule has 10 heteroatoms. The zero-order valence-electron chi connectivity index (χ0n) is 21.0. The average molecular weight is 510 g/mol. The monoisotopic (exact) mass is 509 g/mol. The Hall–Kier alpha value is -3.92.